The Balaban J connectivity index is 1.43. The Hall–Kier alpha value is -3.73. The van der Waals surface area contributed by atoms with Crippen LogP contribution < -0.4 is 5.32 Å². The highest BCUT2D eigenvalue weighted by molar-refractivity contribution is 7.99. The molecule has 0 spiro atoms. The predicted molar refractivity (Wildman–Crippen MR) is 123 cm³/mol. The minimum Gasteiger partial charge on any atom is -0.449 e. The zero-order valence-electron chi connectivity index (χ0n) is 18.6. The number of nitrogens with zero attached hydrogens (tertiary/aromatic N) is 4. The zero-order chi connectivity index (χ0) is 24.2. The van der Waals surface area contributed by atoms with Gasteiger partial charge in [-0.25, -0.2) is 4.79 Å². The van der Waals surface area contributed by atoms with Gasteiger partial charge in [0.1, 0.15) is 6.33 Å². The predicted octanol–water partition coefficient (Wildman–Crippen LogP) is 3.61. The van der Waals surface area contributed by atoms with Gasteiger partial charge >= 0.3 is 5.97 Å². The lowest BCUT2D eigenvalue weighted by Crippen LogP contribution is -2.39. The SMILES string of the molecule is C[C@H](OC(=O)c1ccc(Sc2nncn2C)c([N+](=O)[O-])c1)C(=O)N[C@H]1CCCc2ccccc21. The van der Waals surface area contributed by atoms with Crippen LogP contribution in [-0.4, -0.2) is 37.7 Å². The number of hydrogen-bond acceptors (Lipinski definition) is 8. The van der Waals surface area contributed by atoms with Gasteiger partial charge in [-0.1, -0.05) is 24.3 Å². The van der Waals surface area contributed by atoms with E-state index >= 15 is 0 Å². The molecule has 1 aliphatic carbocycles. The molecule has 1 aromatic heterocycles. The Morgan fingerprint density at radius 3 is 2.82 bits per heavy atom. The molecule has 1 amide bonds. The van der Waals surface area contributed by atoms with E-state index < -0.39 is 22.9 Å². The maximum absolute atomic E-state index is 12.7. The first-order valence-corrected chi connectivity index (χ1v) is 11.5. The maximum atomic E-state index is 12.7. The second-order valence-corrected chi connectivity index (χ2v) is 8.97. The molecule has 2 aromatic carbocycles. The molecule has 1 N–H and O–H groups in total. The normalized spacial score (nSPS) is 15.8. The molecule has 34 heavy (non-hydrogen) atoms. The average molecular weight is 482 g/mol. The highest BCUT2D eigenvalue weighted by Crippen LogP contribution is 2.34. The van der Waals surface area contributed by atoms with Gasteiger partial charge in [0.2, 0.25) is 0 Å². The smallest absolute Gasteiger partial charge is 0.339 e. The Morgan fingerprint density at radius 1 is 1.29 bits per heavy atom. The van der Waals surface area contributed by atoms with Gasteiger partial charge in [0.15, 0.2) is 11.3 Å². The summed E-state index contributed by atoms with van der Waals surface area (Å²) in [7, 11) is 1.72. The molecule has 176 valence electrons. The van der Waals surface area contributed by atoms with Gasteiger partial charge in [0, 0.05) is 13.1 Å². The molecule has 0 bridgehead atoms. The summed E-state index contributed by atoms with van der Waals surface area (Å²) in [5.41, 5.74) is 2.00. The first-order valence-electron chi connectivity index (χ1n) is 10.7. The van der Waals surface area contributed by atoms with E-state index in [2.05, 4.69) is 21.6 Å². The topological polar surface area (TPSA) is 129 Å². The molecule has 0 saturated carbocycles. The second-order valence-electron chi connectivity index (χ2n) is 7.97. The minimum atomic E-state index is -1.06. The molecule has 3 aromatic rings. The van der Waals surface area contributed by atoms with Gasteiger partial charge in [0.25, 0.3) is 11.6 Å². The van der Waals surface area contributed by atoms with Crippen molar-refractivity contribution >= 4 is 29.3 Å². The molecule has 0 aliphatic heterocycles. The van der Waals surface area contributed by atoms with Crippen molar-refractivity contribution in [1.82, 2.24) is 20.1 Å². The van der Waals surface area contributed by atoms with Crippen LogP contribution >= 0.6 is 11.8 Å². The Bertz CT molecular complexity index is 1240. The third kappa shape index (κ3) is 5.09. The Morgan fingerprint density at radius 2 is 2.09 bits per heavy atom. The van der Waals surface area contributed by atoms with Gasteiger partial charge in [0.05, 0.1) is 21.4 Å². The molecule has 0 saturated heterocycles. The van der Waals surface area contributed by atoms with Gasteiger partial charge in [-0.3, -0.25) is 14.9 Å². The number of hydrogen-bond donors (Lipinski definition) is 1. The van der Waals surface area contributed by atoms with Crippen LogP contribution in [0, 0.1) is 10.1 Å². The van der Waals surface area contributed by atoms with E-state index in [1.807, 2.05) is 18.2 Å². The molecule has 0 fully saturated rings. The molecule has 2 atom stereocenters. The summed E-state index contributed by atoms with van der Waals surface area (Å²) in [6, 6.07) is 11.8. The standard InChI is InChI=1S/C23H23N5O5S/c1-14(21(29)25-18-9-5-7-15-6-3-4-8-17(15)18)33-22(30)16-10-11-20(19(12-16)28(31)32)34-23-26-24-13-27(23)2/h3-4,6,8,10-14,18H,5,7,9H2,1-2H3,(H,25,29)/t14-,18-/m0/s1. The van der Waals surface area contributed by atoms with Crippen LogP contribution in [0.15, 0.2) is 58.8 Å². The molecule has 11 heteroatoms. The number of carbonyl (C=O) groups is 2. The van der Waals surface area contributed by atoms with E-state index in [0.29, 0.717) is 10.1 Å². The number of ether oxygens (including phenoxy) is 1. The van der Waals surface area contributed by atoms with E-state index in [4.69, 9.17) is 4.74 Å². The number of fused-ring (bicyclic) bond motifs is 1. The number of nitro benzene ring substituents is 1. The monoisotopic (exact) mass is 481 g/mol. The lowest BCUT2D eigenvalue weighted by atomic mass is 9.87. The van der Waals surface area contributed by atoms with Gasteiger partial charge in [-0.05, 0) is 61.2 Å². The van der Waals surface area contributed by atoms with Crippen molar-refractivity contribution in [2.24, 2.45) is 7.05 Å². The number of nitrogens with one attached hydrogen (secondary N) is 1. The molecule has 1 aliphatic rings. The fraction of sp³-hybridized carbons (Fsp3) is 0.304. The molecular formula is C23H23N5O5S. The van der Waals surface area contributed by atoms with Crippen molar-refractivity contribution in [3.63, 3.8) is 0 Å². The summed E-state index contributed by atoms with van der Waals surface area (Å²) in [5.74, 6) is -1.23. The molecule has 10 nitrogen and oxygen atoms in total. The van der Waals surface area contributed by atoms with Crippen molar-refractivity contribution in [3.05, 3.63) is 75.6 Å². The Kier molecular flexibility index (Phi) is 6.92. The van der Waals surface area contributed by atoms with Crippen LogP contribution in [0.4, 0.5) is 5.69 Å². The highest BCUT2D eigenvalue weighted by Gasteiger charge is 2.27. The van der Waals surface area contributed by atoms with E-state index in [9.17, 15) is 19.7 Å². The van der Waals surface area contributed by atoms with Crippen LogP contribution in [0.3, 0.4) is 0 Å². The van der Waals surface area contributed by atoms with Crippen LogP contribution in [-0.2, 0) is 23.0 Å². The highest BCUT2D eigenvalue weighted by atomic mass is 32.2. The lowest BCUT2D eigenvalue weighted by Gasteiger charge is -2.27. The number of esters is 1. The summed E-state index contributed by atoms with van der Waals surface area (Å²) >= 11 is 1.06. The summed E-state index contributed by atoms with van der Waals surface area (Å²) < 4.78 is 6.95. The van der Waals surface area contributed by atoms with Crippen LogP contribution in [0.1, 0.15) is 47.3 Å². The first kappa shape index (κ1) is 23.4. The fourth-order valence-electron chi connectivity index (χ4n) is 3.81. The van der Waals surface area contributed by atoms with Gasteiger partial charge in [-0.2, -0.15) is 0 Å². The van der Waals surface area contributed by atoms with E-state index in [0.717, 1.165) is 42.7 Å². The molecule has 4 rings (SSSR count). The van der Waals surface area contributed by atoms with Crippen LogP contribution in [0.2, 0.25) is 0 Å². The third-order valence-corrected chi connectivity index (χ3v) is 6.72. The lowest BCUT2D eigenvalue weighted by molar-refractivity contribution is -0.387. The number of amides is 1. The minimum absolute atomic E-state index is 0.0170. The van der Waals surface area contributed by atoms with Crippen LogP contribution in [0.25, 0.3) is 0 Å². The van der Waals surface area contributed by atoms with E-state index in [1.54, 1.807) is 11.6 Å². The Labute approximate surface area is 199 Å². The largest absolute Gasteiger partial charge is 0.449 e. The summed E-state index contributed by atoms with van der Waals surface area (Å²) in [6.07, 6.45) is 3.15. The number of benzene rings is 2. The quantitative estimate of drug-likeness (QED) is 0.308. The maximum Gasteiger partial charge on any atom is 0.339 e. The van der Waals surface area contributed by atoms with Crippen molar-refractivity contribution in [1.29, 1.82) is 0 Å². The number of rotatable bonds is 7. The molecule has 0 unspecified atom stereocenters. The third-order valence-electron chi connectivity index (χ3n) is 5.60. The summed E-state index contributed by atoms with van der Waals surface area (Å²) in [5, 5.41) is 22.7. The number of aromatic nitrogens is 3. The van der Waals surface area contributed by atoms with Gasteiger partial charge < -0.3 is 14.6 Å². The molecule has 1 heterocycles. The fourth-order valence-corrected chi connectivity index (χ4v) is 4.66. The first-order chi connectivity index (χ1) is 16.3. The van der Waals surface area contributed by atoms with Crippen molar-refractivity contribution in [3.8, 4) is 0 Å². The van der Waals surface area contributed by atoms with E-state index in [1.165, 1.54) is 30.9 Å². The molecular weight excluding hydrogens is 458 g/mol. The molecule has 0 radical (unpaired) electrons. The van der Waals surface area contributed by atoms with Crippen molar-refractivity contribution < 1.29 is 19.2 Å². The average Bonchev–Trinajstić information content (AvgIpc) is 3.23. The number of nitro groups is 1. The number of aryl methyl sites for hydroxylation is 2. The van der Waals surface area contributed by atoms with Gasteiger partial charge in [-0.15, -0.1) is 10.2 Å². The van der Waals surface area contributed by atoms with Crippen LogP contribution in [0.5, 0.6) is 0 Å². The summed E-state index contributed by atoms with van der Waals surface area (Å²) in [6.45, 7) is 1.48. The second kappa shape index (κ2) is 10.0. The number of carbonyl (C=O) groups excluding carboxylic acids is 2. The zero-order valence-corrected chi connectivity index (χ0v) is 19.4. The van der Waals surface area contributed by atoms with E-state index in [-0.39, 0.29) is 17.3 Å². The van der Waals surface area contributed by atoms with Crippen molar-refractivity contribution in [2.75, 3.05) is 0 Å². The van der Waals surface area contributed by atoms with Crippen molar-refractivity contribution in [2.45, 2.75) is 48.4 Å². The summed E-state index contributed by atoms with van der Waals surface area (Å²) in [4.78, 5) is 36.7.